The van der Waals surface area contributed by atoms with E-state index < -0.39 is 0 Å². The van der Waals surface area contributed by atoms with Crippen LogP contribution in [0, 0.1) is 6.92 Å². The van der Waals surface area contributed by atoms with E-state index in [0.29, 0.717) is 6.54 Å². The average Bonchev–Trinajstić information content (AvgIpc) is 2.67. The fraction of sp³-hybridized carbons (Fsp3) is 0.429. The van der Waals surface area contributed by atoms with E-state index in [1.54, 1.807) is 4.90 Å². The summed E-state index contributed by atoms with van der Waals surface area (Å²) in [5.41, 5.74) is 2.94. The van der Waals surface area contributed by atoms with E-state index in [1.807, 2.05) is 25.1 Å². The quantitative estimate of drug-likeness (QED) is 0.807. The number of amides is 2. The van der Waals surface area contributed by atoms with Crippen molar-refractivity contribution in [2.24, 2.45) is 0 Å². The molecule has 0 radical (unpaired) electrons. The molecular formula is C14H16N2O2. The third-order valence-corrected chi connectivity index (χ3v) is 3.73. The van der Waals surface area contributed by atoms with Crippen molar-refractivity contribution in [2.75, 3.05) is 6.54 Å². The molecule has 0 spiro atoms. The molecule has 1 fully saturated rings. The highest BCUT2D eigenvalue weighted by atomic mass is 16.2. The summed E-state index contributed by atoms with van der Waals surface area (Å²) >= 11 is 0. The van der Waals surface area contributed by atoms with Gasteiger partial charge in [-0.05, 0) is 31.4 Å². The number of nitrogens with zero attached hydrogens (tertiary/aromatic N) is 1. The Morgan fingerprint density at radius 1 is 1.33 bits per heavy atom. The minimum absolute atomic E-state index is 0.00736. The van der Waals surface area contributed by atoms with Crippen LogP contribution in [-0.4, -0.2) is 29.3 Å². The summed E-state index contributed by atoms with van der Waals surface area (Å²) in [7, 11) is 0. The molecule has 1 atom stereocenters. The molecule has 0 aliphatic carbocycles. The van der Waals surface area contributed by atoms with Gasteiger partial charge >= 0.3 is 0 Å². The number of hydrogen-bond donors (Lipinski definition) is 1. The number of fused-ring (bicyclic) bond motifs is 1. The third kappa shape index (κ3) is 1.68. The van der Waals surface area contributed by atoms with E-state index in [9.17, 15) is 9.59 Å². The first kappa shape index (κ1) is 11.3. The molecule has 1 aromatic carbocycles. The van der Waals surface area contributed by atoms with Gasteiger partial charge in [0.05, 0.1) is 0 Å². The van der Waals surface area contributed by atoms with Crippen LogP contribution in [-0.2, 0) is 11.3 Å². The molecule has 1 aromatic rings. The Hall–Kier alpha value is -1.84. The molecule has 1 N–H and O–H groups in total. The van der Waals surface area contributed by atoms with Crippen LogP contribution in [0.4, 0.5) is 0 Å². The first-order valence-corrected chi connectivity index (χ1v) is 6.35. The van der Waals surface area contributed by atoms with E-state index in [-0.39, 0.29) is 17.9 Å². The maximum absolute atomic E-state index is 12.3. The highest BCUT2D eigenvalue weighted by Crippen LogP contribution is 2.27. The molecule has 2 aliphatic heterocycles. The summed E-state index contributed by atoms with van der Waals surface area (Å²) < 4.78 is 0. The number of carbonyl (C=O) groups excluding carboxylic acids is 2. The molecule has 3 rings (SSSR count). The molecule has 2 amide bonds. The van der Waals surface area contributed by atoms with Gasteiger partial charge in [0.2, 0.25) is 5.91 Å². The maximum atomic E-state index is 12.3. The fourth-order valence-corrected chi connectivity index (χ4v) is 2.78. The third-order valence-electron chi connectivity index (χ3n) is 3.73. The van der Waals surface area contributed by atoms with Crippen molar-refractivity contribution in [3.8, 4) is 0 Å². The summed E-state index contributed by atoms with van der Waals surface area (Å²) in [6.07, 6.45) is 1.71. The Kier molecular flexibility index (Phi) is 2.58. The number of nitrogens with one attached hydrogen (secondary N) is 1. The van der Waals surface area contributed by atoms with E-state index in [4.69, 9.17) is 0 Å². The van der Waals surface area contributed by atoms with E-state index in [1.165, 1.54) is 0 Å². The van der Waals surface area contributed by atoms with Crippen LogP contribution in [0.2, 0.25) is 0 Å². The molecule has 18 heavy (non-hydrogen) atoms. The average molecular weight is 244 g/mol. The lowest BCUT2D eigenvalue weighted by Gasteiger charge is -2.30. The molecule has 4 nitrogen and oxygen atoms in total. The lowest BCUT2D eigenvalue weighted by molar-refractivity contribution is -0.127. The Bertz CT molecular complexity index is 525. The van der Waals surface area contributed by atoms with Crippen molar-refractivity contribution in [2.45, 2.75) is 32.4 Å². The maximum Gasteiger partial charge on any atom is 0.255 e. The molecule has 2 aliphatic rings. The second-order valence-electron chi connectivity index (χ2n) is 5.04. The summed E-state index contributed by atoms with van der Waals surface area (Å²) in [4.78, 5) is 25.8. The Morgan fingerprint density at radius 3 is 2.94 bits per heavy atom. The van der Waals surface area contributed by atoms with Crippen molar-refractivity contribution < 1.29 is 9.59 Å². The Labute approximate surface area is 106 Å². The van der Waals surface area contributed by atoms with E-state index in [2.05, 4.69) is 5.32 Å². The monoisotopic (exact) mass is 244 g/mol. The predicted molar refractivity (Wildman–Crippen MR) is 67.1 cm³/mol. The number of rotatable bonds is 1. The summed E-state index contributed by atoms with van der Waals surface area (Å²) in [6, 6.07) is 5.56. The van der Waals surface area contributed by atoms with Gasteiger partial charge < -0.3 is 10.2 Å². The number of carbonyl (C=O) groups is 2. The van der Waals surface area contributed by atoms with Crippen LogP contribution >= 0.6 is 0 Å². The van der Waals surface area contributed by atoms with Crippen molar-refractivity contribution in [1.82, 2.24) is 10.2 Å². The van der Waals surface area contributed by atoms with Gasteiger partial charge in [0.1, 0.15) is 6.04 Å². The first-order valence-electron chi connectivity index (χ1n) is 6.35. The second-order valence-corrected chi connectivity index (χ2v) is 5.04. The molecule has 1 saturated heterocycles. The lowest BCUT2D eigenvalue weighted by Crippen LogP contribution is -2.50. The smallest absolute Gasteiger partial charge is 0.255 e. The highest BCUT2D eigenvalue weighted by molar-refractivity contribution is 6.01. The van der Waals surface area contributed by atoms with Crippen LogP contribution in [0.1, 0.15) is 34.3 Å². The molecule has 94 valence electrons. The zero-order valence-electron chi connectivity index (χ0n) is 10.4. The van der Waals surface area contributed by atoms with Gasteiger partial charge in [-0.2, -0.15) is 0 Å². The van der Waals surface area contributed by atoms with Gasteiger partial charge in [0.15, 0.2) is 0 Å². The standard InChI is InChI=1S/C14H16N2O2/c1-9-4-5-11-10(7-9)8-16(14(11)18)12-3-2-6-15-13(12)17/h4-5,7,12H,2-3,6,8H2,1H3,(H,15,17). The Morgan fingerprint density at radius 2 is 2.17 bits per heavy atom. The van der Waals surface area contributed by atoms with Gasteiger partial charge in [0, 0.05) is 18.7 Å². The molecular weight excluding hydrogens is 228 g/mol. The predicted octanol–water partition coefficient (Wildman–Crippen LogP) is 1.23. The van der Waals surface area contributed by atoms with Crippen molar-refractivity contribution in [3.63, 3.8) is 0 Å². The van der Waals surface area contributed by atoms with Crippen LogP contribution in [0.25, 0.3) is 0 Å². The molecule has 0 bridgehead atoms. The lowest BCUT2D eigenvalue weighted by atomic mass is 10.1. The van der Waals surface area contributed by atoms with Crippen LogP contribution in [0.15, 0.2) is 18.2 Å². The number of benzene rings is 1. The van der Waals surface area contributed by atoms with Crippen LogP contribution < -0.4 is 5.32 Å². The zero-order chi connectivity index (χ0) is 12.7. The van der Waals surface area contributed by atoms with E-state index in [0.717, 1.165) is 36.1 Å². The normalized spacial score (nSPS) is 22.9. The van der Waals surface area contributed by atoms with Crippen LogP contribution in [0.5, 0.6) is 0 Å². The zero-order valence-corrected chi connectivity index (χ0v) is 10.4. The van der Waals surface area contributed by atoms with Crippen molar-refractivity contribution in [1.29, 1.82) is 0 Å². The number of aryl methyl sites for hydroxylation is 1. The van der Waals surface area contributed by atoms with Gasteiger partial charge in [-0.3, -0.25) is 9.59 Å². The first-order chi connectivity index (χ1) is 8.66. The topological polar surface area (TPSA) is 49.4 Å². The molecule has 2 heterocycles. The Balaban J connectivity index is 1.89. The van der Waals surface area contributed by atoms with Crippen molar-refractivity contribution in [3.05, 3.63) is 34.9 Å². The minimum atomic E-state index is -0.293. The summed E-state index contributed by atoms with van der Waals surface area (Å²) in [5.74, 6) is -0.0221. The largest absolute Gasteiger partial charge is 0.354 e. The second kappa shape index (κ2) is 4.12. The summed E-state index contributed by atoms with van der Waals surface area (Å²) in [6.45, 7) is 3.30. The molecule has 0 saturated carbocycles. The minimum Gasteiger partial charge on any atom is -0.354 e. The number of piperidine rings is 1. The SMILES string of the molecule is Cc1ccc2c(c1)CN(C1CCCNC1=O)C2=O. The molecule has 1 unspecified atom stereocenters. The van der Waals surface area contributed by atoms with Gasteiger partial charge in [-0.1, -0.05) is 17.7 Å². The van der Waals surface area contributed by atoms with Gasteiger partial charge in [-0.15, -0.1) is 0 Å². The molecule has 0 aromatic heterocycles. The van der Waals surface area contributed by atoms with Gasteiger partial charge in [0.25, 0.3) is 5.91 Å². The van der Waals surface area contributed by atoms with Crippen LogP contribution in [0.3, 0.4) is 0 Å². The number of hydrogen-bond acceptors (Lipinski definition) is 2. The highest BCUT2D eigenvalue weighted by Gasteiger charge is 2.37. The molecule has 4 heteroatoms. The van der Waals surface area contributed by atoms with Crippen molar-refractivity contribution >= 4 is 11.8 Å². The fourth-order valence-electron chi connectivity index (χ4n) is 2.78. The van der Waals surface area contributed by atoms with Gasteiger partial charge in [-0.25, -0.2) is 0 Å². The summed E-state index contributed by atoms with van der Waals surface area (Å²) in [5, 5.41) is 2.83. The van der Waals surface area contributed by atoms with E-state index >= 15 is 0 Å².